The smallest absolute Gasteiger partial charge is 0.225 e. The third kappa shape index (κ3) is 6.32. The van der Waals surface area contributed by atoms with Crippen LogP contribution in [0.2, 0.25) is 0 Å². The number of nitrogens with one attached hydrogen (secondary N) is 1. The van der Waals surface area contributed by atoms with Gasteiger partial charge in [0, 0.05) is 33.3 Å². The molecule has 1 saturated heterocycles. The van der Waals surface area contributed by atoms with Gasteiger partial charge < -0.3 is 19.7 Å². The molecule has 0 radical (unpaired) electrons. The van der Waals surface area contributed by atoms with Crippen LogP contribution < -0.4 is 5.32 Å². The van der Waals surface area contributed by atoms with Crippen LogP contribution in [0, 0.1) is 0 Å². The number of amides is 1. The highest BCUT2D eigenvalue weighted by molar-refractivity contribution is 5.85. The molecule has 1 unspecified atom stereocenters. The first kappa shape index (κ1) is 18.9. The minimum Gasteiger partial charge on any atom is -0.383 e. The first-order chi connectivity index (χ1) is 10.3. The summed E-state index contributed by atoms with van der Waals surface area (Å²) >= 11 is 0. The van der Waals surface area contributed by atoms with E-state index in [9.17, 15) is 4.79 Å². The van der Waals surface area contributed by atoms with Gasteiger partial charge in [-0.05, 0) is 5.56 Å². The normalized spacial score (nSPS) is 17.6. The molecule has 22 heavy (non-hydrogen) atoms. The summed E-state index contributed by atoms with van der Waals surface area (Å²) in [6.45, 7) is 4.04. The van der Waals surface area contributed by atoms with Crippen LogP contribution in [-0.2, 0) is 20.8 Å². The zero-order chi connectivity index (χ0) is 14.9. The van der Waals surface area contributed by atoms with E-state index in [1.54, 1.807) is 7.11 Å². The van der Waals surface area contributed by atoms with Crippen LogP contribution in [0.1, 0.15) is 12.0 Å². The van der Waals surface area contributed by atoms with Gasteiger partial charge in [0.05, 0.1) is 25.7 Å². The fourth-order valence-electron chi connectivity index (χ4n) is 2.37. The van der Waals surface area contributed by atoms with Crippen molar-refractivity contribution in [2.24, 2.45) is 0 Å². The fourth-order valence-corrected chi connectivity index (χ4v) is 2.37. The van der Waals surface area contributed by atoms with Gasteiger partial charge in [-0.1, -0.05) is 30.3 Å². The second-order valence-electron chi connectivity index (χ2n) is 5.19. The number of halogens is 1. The molecule has 1 heterocycles. The Bertz CT molecular complexity index is 425. The fraction of sp³-hybridized carbons (Fsp3) is 0.562. The maximum atomic E-state index is 12.5. The first-order valence-corrected chi connectivity index (χ1v) is 7.42. The molecule has 1 fully saturated rings. The van der Waals surface area contributed by atoms with E-state index in [4.69, 9.17) is 9.47 Å². The number of methoxy groups -OCH3 is 1. The average molecular weight is 329 g/mol. The number of rotatable bonds is 7. The number of ether oxygens (including phenoxy) is 2. The van der Waals surface area contributed by atoms with Crippen molar-refractivity contribution in [3.05, 3.63) is 35.9 Å². The lowest BCUT2D eigenvalue weighted by atomic mass is 10.1. The second kappa shape index (κ2) is 10.6. The number of benzene rings is 1. The summed E-state index contributed by atoms with van der Waals surface area (Å²) in [5.41, 5.74) is 1.13. The Labute approximate surface area is 138 Å². The summed E-state index contributed by atoms with van der Waals surface area (Å²) in [4.78, 5) is 14.3. The van der Waals surface area contributed by atoms with Gasteiger partial charge in [0.2, 0.25) is 5.91 Å². The van der Waals surface area contributed by atoms with Crippen LogP contribution >= 0.6 is 12.4 Å². The number of hydrogen-bond acceptors (Lipinski definition) is 4. The maximum Gasteiger partial charge on any atom is 0.225 e. The number of morpholine rings is 1. The van der Waals surface area contributed by atoms with Crippen LogP contribution in [0.5, 0.6) is 0 Å². The van der Waals surface area contributed by atoms with Gasteiger partial charge in [-0.25, -0.2) is 0 Å². The van der Waals surface area contributed by atoms with Crippen molar-refractivity contribution >= 4 is 18.3 Å². The molecule has 1 aromatic rings. The van der Waals surface area contributed by atoms with Crippen molar-refractivity contribution in [1.29, 1.82) is 0 Å². The van der Waals surface area contributed by atoms with Crippen molar-refractivity contribution in [2.75, 3.05) is 40.0 Å². The summed E-state index contributed by atoms with van der Waals surface area (Å²) in [6.07, 6.45) is 0.399. The number of carbonyl (C=O) groups is 1. The predicted octanol–water partition coefficient (Wildman–Crippen LogP) is 1.46. The third-order valence-electron chi connectivity index (χ3n) is 3.54. The molecule has 1 aromatic carbocycles. The molecule has 124 valence electrons. The van der Waals surface area contributed by atoms with Crippen molar-refractivity contribution in [3.63, 3.8) is 0 Å². The van der Waals surface area contributed by atoms with Crippen molar-refractivity contribution < 1.29 is 14.3 Å². The van der Waals surface area contributed by atoms with E-state index in [-0.39, 0.29) is 24.4 Å². The van der Waals surface area contributed by atoms with Gasteiger partial charge in [0.25, 0.3) is 0 Å². The van der Waals surface area contributed by atoms with Gasteiger partial charge in [0.1, 0.15) is 0 Å². The number of nitrogens with zero attached hydrogens (tertiary/aromatic N) is 1. The zero-order valence-corrected chi connectivity index (χ0v) is 13.8. The van der Waals surface area contributed by atoms with E-state index in [2.05, 4.69) is 5.32 Å². The van der Waals surface area contributed by atoms with Crippen LogP contribution in [0.3, 0.4) is 0 Å². The van der Waals surface area contributed by atoms with Gasteiger partial charge in [-0.15, -0.1) is 12.4 Å². The maximum absolute atomic E-state index is 12.5. The zero-order valence-electron chi connectivity index (χ0n) is 13.0. The van der Waals surface area contributed by atoms with Crippen LogP contribution in [0.4, 0.5) is 0 Å². The first-order valence-electron chi connectivity index (χ1n) is 7.42. The molecule has 1 aliphatic heterocycles. The lowest BCUT2D eigenvalue weighted by molar-refractivity contribution is -0.136. The Morgan fingerprint density at radius 2 is 2.18 bits per heavy atom. The largest absolute Gasteiger partial charge is 0.383 e. The van der Waals surface area contributed by atoms with Crippen LogP contribution in [0.15, 0.2) is 30.3 Å². The average Bonchev–Trinajstić information content (AvgIpc) is 2.53. The highest BCUT2D eigenvalue weighted by atomic mass is 35.5. The standard InChI is InChI=1S/C16H24N2O3.ClH/c1-20-10-8-18(13-14-5-3-2-4-6-14)16(19)11-15-12-17-7-9-21-15;/h2-6,15,17H,7-13H2,1H3;1H. The van der Waals surface area contributed by atoms with E-state index < -0.39 is 0 Å². The number of hydrogen-bond donors (Lipinski definition) is 1. The summed E-state index contributed by atoms with van der Waals surface area (Å²) in [5.74, 6) is 0.115. The second-order valence-corrected chi connectivity index (χ2v) is 5.19. The summed E-state index contributed by atoms with van der Waals surface area (Å²) in [5, 5.41) is 3.25. The molecule has 5 nitrogen and oxygen atoms in total. The quantitative estimate of drug-likeness (QED) is 0.823. The molecule has 0 bridgehead atoms. The minimum absolute atomic E-state index is 0. The van der Waals surface area contributed by atoms with E-state index in [1.807, 2.05) is 35.2 Å². The van der Waals surface area contributed by atoms with Crippen LogP contribution in [0.25, 0.3) is 0 Å². The minimum atomic E-state index is -0.0212. The lowest BCUT2D eigenvalue weighted by Crippen LogP contribution is -2.43. The molecule has 0 saturated carbocycles. The Morgan fingerprint density at radius 3 is 2.82 bits per heavy atom. The molecule has 1 aliphatic rings. The summed E-state index contributed by atoms with van der Waals surface area (Å²) in [6, 6.07) is 10.0. The van der Waals surface area contributed by atoms with E-state index in [0.717, 1.165) is 18.7 Å². The van der Waals surface area contributed by atoms with Crippen molar-refractivity contribution in [3.8, 4) is 0 Å². The molecular formula is C16H25ClN2O3. The topological polar surface area (TPSA) is 50.8 Å². The van der Waals surface area contributed by atoms with Gasteiger partial charge in [-0.2, -0.15) is 0 Å². The van der Waals surface area contributed by atoms with E-state index in [1.165, 1.54) is 0 Å². The Kier molecular flexibility index (Phi) is 9.08. The van der Waals surface area contributed by atoms with Crippen molar-refractivity contribution in [2.45, 2.75) is 19.1 Å². The highest BCUT2D eigenvalue weighted by Crippen LogP contribution is 2.09. The molecule has 0 aromatic heterocycles. The Hall–Kier alpha value is -1.14. The Balaban J connectivity index is 0.00000242. The molecule has 6 heteroatoms. The summed E-state index contributed by atoms with van der Waals surface area (Å²) < 4.78 is 10.7. The molecule has 1 atom stereocenters. The van der Waals surface area contributed by atoms with Crippen molar-refractivity contribution in [1.82, 2.24) is 10.2 Å². The van der Waals surface area contributed by atoms with E-state index >= 15 is 0 Å². The third-order valence-corrected chi connectivity index (χ3v) is 3.54. The predicted molar refractivity (Wildman–Crippen MR) is 88.2 cm³/mol. The SMILES string of the molecule is COCCN(Cc1ccccc1)C(=O)CC1CNCCO1.Cl. The monoisotopic (exact) mass is 328 g/mol. The molecule has 0 aliphatic carbocycles. The highest BCUT2D eigenvalue weighted by Gasteiger charge is 2.21. The molecule has 2 rings (SSSR count). The Morgan fingerprint density at radius 1 is 1.41 bits per heavy atom. The lowest BCUT2D eigenvalue weighted by Gasteiger charge is -2.27. The van der Waals surface area contributed by atoms with Gasteiger partial charge in [-0.3, -0.25) is 4.79 Å². The molecular weight excluding hydrogens is 304 g/mol. The van der Waals surface area contributed by atoms with E-state index in [0.29, 0.717) is 32.7 Å². The number of carbonyl (C=O) groups excluding carboxylic acids is 1. The molecule has 0 spiro atoms. The van der Waals surface area contributed by atoms with Gasteiger partial charge in [0.15, 0.2) is 0 Å². The molecule has 1 amide bonds. The molecule has 1 N–H and O–H groups in total. The summed E-state index contributed by atoms with van der Waals surface area (Å²) in [7, 11) is 1.65. The van der Waals surface area contributed by atoms with Gasteiger partial charge >= 0.3 is 0 Å². The van der Waals surface area contributed by atoms with Crippen LogP contribution in [-0.4, -0.2) is 56.9 Å².